The highest BCUT2D eigenvalue weighted by Gasteiger charge is 2.14. The van der Waals surface area contributed by atoms with E-state index in [2.05, 4.69) is 37.2 Å². The van der Waals surface area contributed by atoms with Crippen molar-refractivity contribution in [2.45, 2.75) is 32.7 Å². The van der Waals surface area contributed by atoms with E-state index in [9.17, 15) is 0 Å². The van der Waals surface area contributed by atoms with E-state index in [0.717, 1.165) is 26.2 Å². The van der Waals surface area contributed by atoms with Crippen LogP contribution in [0, 0.1) is 0 Å². The summed E-state index contributed by atoms with van der Waals surface area (Å²) in [6.07, 6.45) is 6.39. The minimum atomic E-state index is 0.603. The lowest BCUT2D eigenvalue weighted by Crippen LogP contribution is -2.42. The summed E-state index contributed by atoms with van der Waals surface area (Å²) < 4.78 is 0. The Hall–Kier alpha value is -0.600. The smallest absolute Gasteiger partial charge is 0.0227 e. The van der Waals surface area contributed by atoms with Crippen LogP contribution in [-0.2, 0) is 0 Å². The molecule has 0 fully saturated rings. The maximum atomic E-state index is 3.81. The summed E-state index contributed by atoms with van der Waals surface area (Å²) in [5.74, 6) is 0. The lowest BCUT2D eigenvalue weighted by Gasteiger charge is -2.30. The Labute approximate surface area is 95.0 Å². The maximum absolute atomic E-state index is 3.81. The summed E-state index contributed by atoms with van der Waals surface area (Å²) >= 11 is 0. The Morgan fingerprint density at radius 3 is 2.20 bits per heavy atom. The average molecular weight is 210 g/mol. The fourth-order valence-corrected chi connectivity index (χ4v) is 1.76. The van der Waals surface area contributed by atoms with Crippen LogP contribution in [0.25, 0.3) is 0 Å². The molecule has 1 atom stereocenters. The van der Waals surface area contributed by atoms with Crippen LogP contribution < -0.4 is 5.32 Å². The van der Waals surface area contributed by atoms with Crippen molar-refractivity contribution in [3.05, 3.63) is 25.3 Å². The van der Waals surface area contributed by atoms with Gasteiger partial charge < -0.3 is 5.32 Å². The molecule has 0 aliphatic rings. The second kappa shape index (κ2) is 9.94. The van der Waals surface area contributed by atoms with Crippen molar-refractivity contribution < 1.29 is 0 Å². The first-order valence-electron chi connectivity index (χ1n) is 5.96. The Morgan fingerprint density at radius 1 is 1.20 bits per heavy atom. The van der Waals surface area contributed by atoms with Gasteiger partial charge in [-0.05, 0) is 13.0 Å². The first-order valence-corrected chi connectivity index (χ1v) is 5.96. The fraction of sp³-hybridized carbons (Fsp3) is 0.692. The molecule has 0 spiro atoms. The summed E-state index contributed by atoms with van der Waals surface area (Å²) in [5, 5.41) is 3.42. The van der Waals surface area contributed by atoms with E-state index in [1.54, 1.807) is 0 Å². The molecule has 15 heavy (non-hydrogen) atoms. The molecule has 0 saturated carbocycles. The molecule has 88 valence electrons. The zero-order valence-corrected chi connectivity index (χ0v) is 10.3. The molecule has 0 aromatic rings. The molecular weight excluding hydrogens is 184 g/mol. The van der Waals surface area contributed by atoms with E-state index in [1.807, 2.05) is 12.2 Å². The Bertz CT molecular complexity index is 156. The van der Waals surface area contributed by atoms with E-state index in [-0.39, 0.29) is 0 Å². The standard InChI is InChI=1S/C13H26N2/c1-5-9-13(12-14-8-4)15(10-6-2)11-7-3/h6-7,13-14H,2-3,5,8-12H2,1,4H3. The third kappa shape index (κ3) is 6.47. The minimum Gasteiger partial charge on any atom is -0.315 e. The van der Waals surface area contributed by atoms with Gasteiger partial charge in [0.1, 0.15) is 0 Å². The monoisotopic (exact) mass is 210 g/mol. The molecular formula is C13H26N2. The van der Waals surface area contributed by atoms with Gasteiger partial charge in [-0.3, -0.25) is 4.90 Å². The number of nitrogens with one attached hydrogen (secondary N) is 1. The van der Waals surface area contributed by atoms with E-state index in [4.69, 9.17) is 0 Å². The summed E-state index contributed by atoms with van der Waals surface area (Å²) in [6.45, 7) is 16.0. The van der Waals surface area contributed by atoms with Gasteiger partial charge in [-0.2, -0.15) is 0 Å². The number of likely N-dealkylation sites (N-methyl/N-ethyl adjacent to an activating group) is 1. The molecule has 2 heteroatoms. The Balaban J connectivity index is 4.21. The van der Waals surface area contributed by atoms with Gasteiger partial charge in [0.2, 0.25) is 0 Å². The predicted octanol–water partition coefficient (Wildman–Crippen LogP) is 2.44. The van der Waals surface area contributed by atoms with Crippen molar-refractivity contribution in [1.82, 2.24) is 10.2 Å². The van der Waals surface area contributed by atoms with Gasteiger partial charge in [-0.15, -0.1) is 13.2 Å². The van der Waals surface area contributed by atoms with Crippen LogP contribution in [0.5, 0.6) is 0 Å². The second-order valence-electron chi connectivity index (χ2n) is 3.78. The van der Waals surface area contributed by atoms with Gasteiger partial charge >= 0.3 is 0 Å². The van der Waals surface area contributed by atoms with E-state index >= 15 is 0 Å². The lowest BCUT2D eigenvalue weighted by molar-refractivity contribution is 0.221. The highest BCUT2D eigenvalue weighted by molar-refractivity contribution is 4.85. The van der Waals surface area contributed by atoms with Crippen LogP contribution >= 0.6 is 0 Å². The summed E-state index contributed by atoms with van der Waals surface area (Å²) in [7, 11) is 0. The second-order valence-corrected chi connectivity index (χ2v) is 3.78. The van der Waals surface area contributed by atoms with Gasteiger partial charge in [0.25, 0.3) is 0 Å². The lowest BCUT2D eigenvalue weighted by atomic mass is 10.1. The normalized spacial score (nSPS) is 12.7. The van der Waals surface area contributed by atoms with Crippen LogP contribution in [0.15, 0.2) is 25.3 Å². The van der Waals surface area contributed by atoms with E-state index in [0.29, 0.717) is 6.04 Å². The quantitative estimate of drug-likeness (QED) is 0.557. The van der Waals surface area contributed by atoms with Gasteiger partial charge in [-0.25, -0.2) is 0 Å². The zero-order valence-electron chi connectivity index (χ0n) is 10.3. The van der Waals surface area contributed by atoms with E-state index in [1.165, 1.54) is 12.8 Å². The number of nitrogens with zero attached hydrogens (tertiary/aromatic N) is 1. The first-order chi connectivity index (χ1) is 7.29. The SMILES string of the molecule is C=CCN(CC=C)C(CCC)CNCC. The molecule has 2 nitrogen and oxygen atoms in total. The molecule has 0 aliphatic carbocycles. The van der Waals surface area contributed by atoms with Gasteiger partial charge in [0.15, 0.2) is 0 Å². The molecule has 0 aliphatic heterocycles. The molecule has 0 aromatic heterocycles. The summed E-state index contributed by atoms with van der Waals surface area (Å²) in [5.41, 5.74) is 0. The van der Waals surface area contributed by atoms with Crippen LogP contribution in [0.1, 0.15) is 26.7 Å². The number of rotatable bonds is 10. The molecule has 0 radical (unpaired) electrons. The molecule has 0 rings (SSSR count). The molecule has 0 heterocycles. The van der Waals surface area contributed by atoms with Crippen LogP contribution in [-0.4, -0.2) is 37.1 Å². The minimum absolute atomic E-state index is 0.603. The number of hydrogen-bond acceptors (Lipinski definition) is 2. The van der Waals surface area contributed by atoms with Crippen molar-refractivity contribution in [1.29, 1.82) is 0 Å². The first kappa shape index (κ1) is 14.4. The van der Waals surface area contributed by atoms with Crippen molar-refractivity contribution in [2.24, 2.45) is 0 Å². The fourth-order valence-electron chi connectivity index (χ4n) is 1.76. The molecule has 1 N–H and O–H groups in total. The van der Waals surface area contributed by atoms with Crippen molar-refractivity contribution in [3.63, 3.8) is 0 Å². The zero-order chi connectivity index (χ0) is 11.5. The highest BCUT2D eigenvalue weighted by Crippen LogP contribution is 2.06. The maximum Gasteiger partial charge on any atom is 0.0227 e. The van der Waals surface area contributed by atoms with Crippen LogP contribution in [0.4, 0.5) is 0 Å². The van der Waals surface area contributed by atoms with Crippen molar-refractivity contribution >= 4 is 0 Å². The average Bonchev–Trinajstić information content (AvgIpc) is 2.24. The Morgan fingerprint density at radius 2 is 1.80 bits per heavy atom. The predicted molar refractivity (Wildman–Crippen MR) is 69.2 cm³/mol. The van der Waals surface area contributed by atoms with Crippen molar-refractivity contribution in [2.75, 3.05) is 26.2 Å². The van der Waals surface area contributed by atoms with Crippen molar-refractivity contribution in [3.8, 4) is 0 Å². The van der Waals surface area contributed by atoms with Gasteiger partial charge in [0, 0.05) is 25.7 Å². The van der Waals surface area contributed by atoms with Gasteiger partial charge in [0.05, 0.1) is 0 Å². The largest absolute Gasteiger partial charge is 0.315 e. The number of hydrogen-bond donors (Lipinski definition) is 1. The summed E-state index contributed by atoms with van der Waals surface area (Å²) in [6, 6.07) is 0.603. The molecule has 0 aromatic carbocycles. The van der Waals surface area contributed by atoms with Gasteiger partial charge in [-0.1, -0.05) is 32.4 Å². The summed E-state index contributed by atoms with van der Waals surface area (Å²) in [4.78, 5) is 2.42. The Kier molecular flexibility index (Phi) is 9.54. The topological polar surface area (TPSA) is 15.3 Å². The van der Waals surface area contributed by atoms with E-state index < -0.39 is 0 Å². The highest BCUT2D eigenvalue weighted by atomic mass is 15.2. The molecule has 0 saturated heterocycles. The van der Waals surface area contributed by atoms with Crippen LogP contribution in [0.2, 0.25) is 0 Å². The molecule has 0 bridgehead atoms. The molecule has 0 amide bonds. The molecule has 1 unspecified atom stereocenters. The third-order valence-electron chi connectivity index (χ3n) is 2.50. The third-order valence-corrected chi connectivity index (χ3v) is 2.50. The van der Waals surface area contributed by atoms with Crippen LogP contribution in [0.3, 0.4) is 0 Å².